The molecule has 1 heterocycles. The van der Waals surface area contributed by atoms with Crippen LogP contribution < -0.4 is 11.5 Å². The monoisotopic (exact) mass is 262 g/mol. The first-order valence-electron chi connectivity index (χ1n) is 6.50. The van der Waals surface area contributed by atoms with Crippen LogP contribution in [0.25, 0.3) is 0 Å². The zero-order valence-corrected chi connectivity index (χ0v) is 11.8. The molecule has 2 rings (SSSR count). The molecule has 1 amide bonds. The second-order valence-corrected chi connectivity index (χ2v) is 5.61. The second-order valence-electron chi connectivity index (χ2n) is 5.61. The van der Waals surface area contributed by atoms with E-state index in [2.05, 4.69) is 11.8 Å². The number of carbonyl (C=O) groups excluding carboxylic acids is 1. The van der Waals surface area contributed by atoms with E-state index in [-0.39, 0.29) is 5.91 Å². The van der Waals surface area contributed by atoms with Crippen molar-refractivity contribution in [2.75, 3.05) is 38.7 Å². The summed E-state index contributed by atoms with van der Waals surface area (Å²) in [5.41, 5.74) is 13.1. The lowest BCUT2D eigenvalue weighted by Gasteiger charge is -2.22. The second kappa shape index (κ2) is 5.09. The molecule has 1 aliphatic rings. The van der Waals surface area contributed by atoms with E-state index < -0.39 is 0 Å². The molecule has 0 saturated carbocycles. The third-order valence-corrected chi connectivity index (χ3v) is 3.75. The predicted molar refractivity (Wildman–Crippen MR) is 77.8 cm³/mol. The van der Waals surface area contributed by atoms with Gasteiger partial charge in [-0.15, -0.1) is 0 Å². The third kappa shape index (κ3) is 2.81. The lowest BCUT2D eigenvalue weighted by Crippen LogP contribution is -2.35. The highest BCUT2D eigenvalue weighted by Crippen LogP contribution is 2.23. The Morgan fingerprint density at radius 2 is 1.79 bits per heavy atom. The zero-order chi connectivity index (χ0) is 14.2. The van der Waals surface area contributed by atoms with Crippen molar-refractivity contribution in [1.29, 1.82) is 0 Å². The van der Waals surface area contributed by atoms with Gasteiger partial charge in [0.05, 0.1) is 0 Å². The van der Waals surface area contributed by atoms with Crippen LogP contribution in [0.1, 0.15) is 17.3 Å². The summed E-state index contributed by atoms with van der Waals surface area (Å²) in [6.45, 7) is 3.70. The van der Waals surface area contributed by atoms with Crippen molar-refractivity contribution >= 4 is 17.3 Å². The van der Waals surface area contributed by atoms with Gasteiger partial charge in [-0.05, 0) is 38.2 Å². The number of benzene rings is 1. The normalized spacial score (nSPS) is 23.1. The van der Waals surface area contributed by atoms with Crippen LogP contribution in [0.15, 0.2) is 18.2 Å². The number of hydrogen-bond donors (Lipinski definition) is 2. The Morgan fingerprint density at radius 1 is 1.21 bits per heavy atom. The molecular formula is C14H22N4O. The highest BCUT2D eigenvalue weighted by Gasteiger charge is 2.33. The molecule has 19 heavy (non-hydrogen) atoms. The number of carbonyl (C=O) groups is 1. The Kier molecular flexibility index (Phi) is 3.66. The highest BCUT2D eigenvalue weighted by molar-refractivity contribution is 5.96. The molecule has 104 valence electrons. The fourth-order valence-corrected chi connectivity index (χ4v) is 2.77. The first-order valence-corrected chi connectivity index (χ1v) is 6.50. The van der Waals surface area contributed by atoms with E-state index in [0.29, 0.717) is 28.9 Å². The maximum atomic E-state index is 12.5. The number of nitrogen functional groups attached to an aromatic ring is 2. The number of hydrogen-bond acceptors (Lipinski definition) is 4. The molecule has 1 aliphatic heterocycles. The van der Waals surface area contributed by atoms with Crippen LogP contribution >= 0.6 is 0 Å². The van der Waals surface area contributed by atoms with Gasteiger partial charge < -0.3 is 21.3 Å². The highest BCUT2D eigenvalue weighted by atomic mass is 16.2. The molecule has 5 nitrogen and oxygen atoms in total. The summed E-state index contributed by atoms with van der Waals surface area (Å²) in [6, 6.07) is 5.44. The molecule has 5 heteroatoms. The van der Waals surface area contributed by atoms with Gasteiger partial charge in [0.15, 0.2) is 0 Å². The average Bonchev–Trinajstić information content (AvgIpc) is 2.69. The Bertz CT molecular complexity index is 466. The summed E-state index contributed by atoms with van der Waals surface area (Å²) in [7, 11) is 4.10. The van der Waals surface area contributed by atoms with Crippen LogP contribution in [-0.4, -0.2) is 48.9 Å². The summed E-state index contributed by atoms with van der Waals surface area (Å²) < 4.78 is 0. The molecule has 0 bridgehead atoms. The summed E-state index contributed by atoms with van der Waals surface area (Å²) >= 11 is 0. The number of likely N-dealkylation sites (N-methyl/N-ethyl adjacent to an activating group) is 1. The van der Waals surface area contributed by atoms with Gasteiger partial charge in [0, 0.05) is 36.1 Å². The van der Waals surface area contributed by atoms with E-state index >= 15 is 0 Å². The third-order valence-electron chi connectivity index (χ3n) is 3.75. The van der Waals surface area contributed by atoms with Crippen LogP contribution in [0.2, 0.25) is 0 Å². The number of nitrogens with two attached hydrogens (primary N) is 2. The molecule has 4 N–H and O–H groups in total. The maximum Gasteiger partial charge on any atom is 0.254 e. The van der Waals surface area contributed by atoms with E-state index in [0.717, 1.165) is 13.1 Å². The topological polar surface area (TPSA) is 75.6 Å². The lowest BCUT2D eigenvalue weighted by molar-refractivity contribution is 0.0781. The number of likely N-dealkylation sites (tertiary alicyclic amines) is 1. The number of amides is 1. The zero-order valence-electron chi connectivity index (χ0n) is 11.8. The molecule has 1 fully saturated rings. The maximum absolute atomic E-state index is 12.5. The molecule has 0 radical (unpaired) electrons. The van der Waals surface area contributed by atoms with Crippen molar-refractivity contribution in [1.82, 2.24) is 9.80 Å². The molecule has 2 atom stereocenters. The van der Waals surface area contributed by atoms with Crippen molar-refractivity contribution in [3.63, 3.8) is 0 Å². The van der Waals surface area contributed by atoms with Crippen LogP contribution in [0, 0.1) is 5.92 Å². The Morgan fingerprint density at radius 3 is 2.26 bits per heavy atom. The Hall–Kier alpha value is -1.75. The van der Waals surface area contributed by atoms with Crippen molar-refractivity contribution < 1.29 is 4.79 Å². The van der Waals surface area contributed by atoms with E-state index in [1.165, 1.54) is 0 Å². The minimum Gasteiger partial charge on any atom is -0.399 e. The number of anilines is 2. The van der Waals surface area contributed by atoms with Crippen molar-refractivity contribution in [2.45, 2.75) is 13.0 Å². The quantitative estimate of drug-likeness (QED) is 0.776. The van der Waals surface area contributed by atoms with E-state index in [4.69, 9.17) is 11.5 Å². The molecule has 0 aromatic heterocycles. The fraction of sp³-hybridized carbons (Fsp3) is 0.500. The van der Waals surface area contributed by atoms with E-state index in [1.807, 2.05) is 19.0 Å². The van der Waals surface area contributed by atoms with E-state index in [9.17, 15) is 4.79 Å². The van der Waals surface area contributed by atoms with Crippen molar-refractivity contribution in [3.05, 3.63) is 23.8 Å². The van der Waals surface area contributed by atoms with Gasteiger partial charge in [-0.3, -0.25) is 4.79 Å². The molecular weight excluding hydrogens is 240 g/mol. The van der Waals surface area contributed by atoms with E-state index in [1.54, 1.807) is 18.2 Å². The van der Waals surface area contributed by atoms with Gasteiger partial charge in [-0.1, -0.05) is 6.92 Å². The minimum absolute atomic E-state index is 0.00944. The van der Waals surface area contributed by atoms with Gasteiger partial charge in [0.25, 0.3) is 5.91 Å². The molecule has 0 aliphatic carbocycles. The van der Waals surface area contributed by atoms with Gasteiger partial charge in [-0.2, -0.15) is 0 Å². The lowest BCUT2D eigenvalue weighted by atomic mass is 10.1. The SMILES string of the molecule is CC1CN(C(=O)c2cc(N)cc(N)c2)CC1N(C)C. The standard InChI is InChI=1S/C14H22N4O/c1-9-7-18(8-13(9)17(2)3)14(19)10-4-11(15)6-12(16)5-10/h4-6,9,13H,7-8,15-16H2,1-3H3. The molecule has 2 unspecified atom stereocenters. The average molecular weight is 262 g/mol. The molecule has 1 aromatic carbocycles. The van der Waals surface area contributed by atoms with Crippen LogP contribution in [0.4, 0.5) is 11.4 Å². The van der Waals surface area contributed by atoms with Gasteiger partial charge in [0.1, 0.15) is 0 Å². The molecule has 1 aromatic rings. The first-order chi connectivity index (χ1) is 8.88. The summed E-state index contributed by atoms with van der Waals surface area (Å²) in [5, 5.41) is 0. The first kappa shape index (κ1) is 13.7. The van der Waals surface area contributed by atoms with Gasteiger partial charge in [-0.25, -0.2) is 0 Å². The predicted octanol–water partition coefficient (Wildman–Crippen LogP) is 0.873. The van der Waals surface area contributed by atoms with Crippen LogP contribution in [0.5, 0.6) is 0 Å². The number of nitrogens with zero attached hydrogens (tertiary/aromatic N) is 2. The van der Waals surface area contributed by atoms with Crippen molar-refractivity contribution in [2.24, 2.45) is 5.92 Å². The Balaban J connectivity index is 2.17. The molecule has 1 saturated heterocycles. The van der Waals surface area contributed by atoms with Crippen molar-refractivity contribution in [3.8, 4) is 0 Å². The summed E-state index contributed by atoms with van der Waals surface area (Å²) in [5.74, 6) is 0.479. The Labute approximate surface area is 114 Å². The fourth-order valence-electron chi connectivity index (χ4n) is 2.77. The smallest absolute Gasteiger partial charge is 0.254 e. The minimum atomic E-state index is 0.00944. The largest absolute Gasteiger partial charge is 0.399 e. The van der Waals surface area contributed by atoms with Crippen LogP contribution in [0.3, 0.4) is 0 Å². The van der Waals surface area contributed by atoms with Crippen LogP contribution in [-0.2, 0) is 0 Å². The summed E-state index contributed by atoms with van der Waals surface area (Å²) in [6.07, 6.45) is 0. The number of rotatable bonds is 2. The summed E-state index contributed by atoms with van der Waals surface area (Å²) in [4.78, 5) is 16.5. The van der Waals surface area contributed by atoms with Gasteiger partial charge in [0.2, 0.25) is 0 Å². The molecule has 0 spiro atoms. The van der Waals surface area contributed by atoms with Gasteiger partial charge >= 0.3 is 0 Å².